The molecule has 6 heteroatoms. The SMILES string of the molecule is CCN(CCOC)c1cnccc1/C(N)=N/O. The molecule has 0 aliphatic heterocycles. The van der Waals surface area contributed by atoms with Gasteiger partial charge >= 0.3 is 0 Å². The maximum Gasteiger partial charge on any atom is 0.172 e. The van der Waals surface area contributed by atoms with Gasteiger partial charge in [-0.25, -0.2) is 0 Å². The van der Waals surface area contributed by atoms with Gasteiger partial charge < -0.3 is 20.6 Å². The molecule has 3 N–H and O–H groups in total. The quantitative estimate of drug-likeness (QED) is 0.329. The summed E-state index contributed by atoms with van der Waals surface area (Å²) < 4.78 is 5.05. The van der Waals surface area contributed by atoms with Crippen molar-refractivity contribution in [2.45, 2.75) is 6.92 Å². The van der Waals surface area contributed by atoms with E-state index in [1.165, 1.54) is 0 Å². The fourth-order valence-corrected chi connectivity index (χ4v) is 1.56. The van der Waals surface area contributed by atoms with E-state index in [2.05, 4.69) is 15.0 Å². The van der Waals surface area contributed by atoms with Crippen LogP contribution in [0.5, 0.6) is 0 Å². The molecule has 6 nitrogen and oxygen atoms in total. The van der Waals surface area contributed by atoms with E-state index in [0.29, 0.717) is 12.2 Å². The number of rotatable bonds is 6. The molecule has 0 radical (unpaired) electrons. The first-order chi connectivity index (χ1) is 8.24. The molecule has 0 aliphatic rings. The third-order valence-electron chi connectivity index (χ3n) is 2.47. The Kier molecular flexibility index (Phi) is 5.22. The molecule has 0 amide bonds. The summed E-state index contributed by atoms with van der Waals surface area (Å²) in [7, 11) is 1.65. The second kappa shape index (κ2) is 6.70. The lowest BCUT2D eigenvalue weighted by atomic mass is 10.2. The Labute approximate surface area is 101 Å². The first-order valence-electron chi connectivity index (χ1n) is 5.40. The molecule has 0 aliphatic carbocycles. The van der Waals surface area contributed by atoms with Crippen LogP contribution in [0.2, 0.25) is 0 Å². The van der Waals surface area contributed by atoms with Gasteiger partial charge in [0.15, 0.2) is 5.84 Å². The number of likely N-dealkylation sites (N-methyl/N-ethyl adjacent to an activating group) is 1. The van der Waals surface area contributed by atoms with Crippen molar-refractivity contribution in [3.8, 4) is 0 Å². The van der Waals surface area contributed by atoms with Crippen molar-refractivity contribution in [2.24, 2.45) is 10.9 Å². The Hall–Kier alpha value is -1.82. The number of nitrogens with two attached hydrogens (primary N) is 1. The molecule has 17 heavy (non-hydrogen) atoms. The molecule has 1 aromatic heterocycles. The van der Waals surface area contributed by atoms with E-state index >= 15 is 0 Å². The summed E-state index contributed by atoms with van der Waals surface area (Å²) in [6.45, 7) is 4.15. The molecular weight excluding hydrogens is 220 g/mol. The number of amidine groups is 1. The van der Waals surface area contributed by atoms with Gasteiger partial charge in [0, 0.05) is 32.0 Å². The molecular formula is C11H18N4O2. The summed E-state index contributed by atoms with van der Waals surface area (Å²) in [6.07, 6.45) is 3.31. The van der Waals surface area contributed by atoms with Crippen molar-refractivity contribution in [1.29, 1.82) is 0 Å². The van der Waals surface area contributed by atoms with Crippen LogP contribution in [0.15, 0.2) is 23.6 Å². The third-order valence-corrected chi connectivity index (χ3v) is 2.47. The maximum atomic E-state index is 8.74. The van der Waals surface area contributed by atoms with E-state index in [0.717, 1.165) is 18.8 Å². The van der Waals surface area contributed by atoms with Crippen LogP contribution in [0, 0.1) is 0 Å². The van der Waals surface area contributed by atoms with Crippen LogP contribution in [0.25, 0.3) is 0 Å². The molecule has 94 valence electrons. The summed E-state index contributed by atoms with van der Waals surface area (Å²) in [5.74, 6) is 0.0817. The standard InChI is InChI=1S/C11H18N4O2/c1-3-15(6-7-17-2)10-8-13-5-4-9(10)11(12)14-16/h4-5,8,16H,3,6-7H2,1-2H3,(H2,12,14). The van der Waals surface area contributed by atoms with Gasteiger partial charge in [0.05, 0.1) is 18.5 Å². The number of pyridine rings is 1. The molecule has 1 aromatic rings. The first kappa shape index (κ1) is 13.2. The van der Waals surface area contributed by atoms with Gasteiger partial charge in [-0.3, -0.25) is 4.98 Å². The minimum atomic E-state index is 0.0817. The van der Waals surface area contributed by atoms with Gasteiger partial charge in [-0.1, -0.05) is 5.16 Å². The highest BCUT2D eigenvalue weighted by atomic mass is 16.5. The lowest BCUT2D eigenvalue weighted by Crippen LogP contribution is -2.29. The topological polar surface area (TPSA) is 84.0 Å². The van der Waals surface area contributed by atoms with Crippen molar-refractivity contribution < 1.29 is 9.94 Å². The Bertz CT molecular complexity index is 381. The van der Waals surface area contributed by atoms with Crippen molar-refractivity contribution in [1.82, 2.24) is 4.98 Å². The van der Waals surface area contributed by atoms with Gasteiger partial charge in [-0.2, -0.15) is 0 Å². The number of aromatic nitrogens is 1. The van der Waals surface area contributed by atoms with Crippen LogP contribution >= 0.6 is 0 Å². The number of methoxy groups -OCH3 is 1. The first-order valence-corrected chi connectivity index (χ1v) is 5.40. The number of hydrogen-bond acceptors (Lipinski definition) is 5. The summed E-state index contributed by atoms with van der Waals surface area (Å²) in [5.41, 5.74) is 7.13. The molecule has 0 bridgehead atoms. The van der Waals surface area contributed by atoms with E-state index in [9.17, 15) is 0 Å². The van der Waals surface area contributed by atoms with Crippen LogP contribution in [-0.4, -0.2) is 42.8 Å². The van der Waals surface area contributed by atoms with E-state index in [-0.39, 0.29) is 5.84 Å². The number of hydrogen-bond donors (Lipinski definition) is 2. The second-order valence-corrected chi connectivity index (χ2v) is 3.45. The zero-order valence-electron chi connectivity index (χ0n) is 10.1. The predicted octanol–water partition coefficient (Wildman–Crippen LogP) is 0.649. The highest BCUT2D eigenvalue weighted by Crippen LogP contribution is 2.18. The minimum absolute atomic E-state index is 0.0817. The van der Waals surface area contributed by atoms with Gasteiger partial charge in [-0.15, -0.1) is 0 Å². The summed E-state index contributed by atoms with van der Waals surface area (Å²) in [4.78, 5) is 6.12. The van der Waals surface area contributed by atoms with Gasteiger partial charge in [0.2, 0.25) is 0 Å². The summed E-state index contributed by atoms with van der Waals surface area (Å²) in [6, 6.07) is 1.72. The smallest absolute Gasteiger partial charge is 0.172 e. The van der Waals surface area contributed by atoms with Crippen molar-refractivity contribution in [3.05, 3.63) is 24.0 Å². The van der Waals surface area contributed by atoms with Crippen LogP contribution in [-0.2, 0) is 4.74 Å². The Morgan fingerprint density at radius 2 is 2.41 bits per heavy atom. The van der Waals surface area contributed by atoms with Gasteiger partial charge in [0.1, 0.15) is 0 Å². The number of oxime groups is 1. The normalized spacial score (nSPS) is 11.5. The van der Waals surface area contributed by atoms with Crippen LogP contribution in [0.3, 0.4) is 0 Å². The van der Waals surface area contributed by atoms with Crippen molar-refractivity contribution in [2.75, 3.05) is 31.7 Å². The third kappa shape index (κ3) is 3.32. The largest absolute Gasteiger partial charge is 0.409 e. The molecule has 0 aromatic carbocycles. The van der Waals surface area contributed by atoms with Gasteiger partial charge in [0.25, 0.3) is 0 Å². The van der Waals surface area contributed by atoms with Crippen molar-refractivity contribution >= 4 is 11.5 Å². The number of anilines is 1. The molecule has 0 unspecified atom stereocenters. The lowest BCUT2D eigenvalue weighted by molar-refractivity contribution is 0.205. The Morgan fingerprint density at radius 3 is 3.00 bits per heavy atom. The van der Waals surface area contributed by atoms with E-state index in [4.69, 9.17) is 15.7 Å². The highest BCUT2D eigenvalue weighted by Gasteiger charge is 2.12. The molecule has 0 saturated heterocycles. The van der Waals surface area contributed by atoms with Gasteiger partial charge in [-0.05, 0) is 13.0 Å². The van der Waals surface area contributed by atoms with Crippen LogP contribution in [0.4, 0.5) is 5.69 Å². The van der Waals surface area contributed by atoms with Crippen LogP contribution in [0.1, 0.15) is 12.5 Å². The number of nitrogens with zero attached hydrogens (tertiary/aromatic N) is 3. The molecule has 1 rings (SSSR count). The van der Waals surface area contributed by atoms with E-state index in [1.54, 1.807) is 25.6 Å². The minimum Gasteiger partial charge on any atom is -0.409 e. The fourth-order valence-electron chi connectivity index (χ4n) is 1.56. The van der Waals surface area contributed by atoms with E-state index < -0.39 is 0 Å². The number of ether oxygens (including phenoxy) is 1. The molecule has 0 atom stereocenters. The predicted molar refractivity (Wildman–Crippen MR) is 66.5 cm³/mol. The Balaban J connectivity index is 3.01. The molecule has 0 spiro atoms. The monoisotopic (exact) mass is 238 g/mol. The summed E-state index contributed by atoms with van der Waals surface area (Å²) in [5, 5.41) is 11.8. The van der Waals surface area contributed by atoms with Crippen molar-refractivity contribution in [3.63, 3.8) is 0 Å². The van der Waals surface area contributed by atoms with Crippen LogP contribution < -0.4 is 10.6 Å². The fraction of sp³-hybridized carbons (Fsp3) is 0.455. The molecule has 0 saturated carbocycles. The average molecular weight is 238 g/mol. The zero-order chi connectivity index (χ0) is 12.7. The zero-order valence-corrected chi connectivity index (χ0v) is 10.1. The Morgan fingerprint density at radius 1 is 1.65 bits per heavy atom. The molecule has 1 heterocycles. The average Bonchev–Trinajstić information content (AvgIpc) is 2.39. The lowest BCUT2D eigenvalue weighted by Gasteiger charge is -2.24. The van der Waals surface area contributed by atoms with E-state index in [1.807, 2.05) is 6.92 Å². The highest BCUT2D eigenvalue weighted by molar-refractivity contribution is 6.01. The maximum absolute atomic E-state index is 8.74. The second-order valence-electron chi connectivity index (χ2n) is 3.45. The summed E-state index contributed by atoms with van der Waals surface area (Å²) >= 11 is 0. The molecule has 0 fully saturated rings.